The summed E-state index contributed by atoms with van der Waals surface area (Å²) in [7, 11) is 0. The monoisotopic (exact) mass is 576 g/mol. The first-order valence-corrected chi connectivity index (χ1v) is 16.0. The fraction of sp³-hybridized carbons (Fsp3) is 0.0233. The Kier molecular flexibility index (Phi) is 5.85. The van der Waals surface area contributed by atoms with Crippen LogP contribution in [-0.4, -0.2) is 0 Å². The van der Waals surface area contributed by atoms with E-state index >= 15 is 0 Å². The van der Waals surface area contributed by atoms with Crippen LogP contribution in [0.4, 0.5) is 0 Å². The smallest absolute Gasteiger partial charge is 0.0433 e. The van der Waals surface area contributed by atoms with Crippen LogP contribution in [0.15, 0.2) is 164 Å². The molecule has 206 valence electrons. The Morgan fingerprint density at radius 3 is 1.68 bits per heavy atom. The molecule has 1 aliphatic carbocycles. The number of hydrogen-bond donors (Lipinski definition) is 0. The van der Waals surface area contributed by atoms with Crippen LogP contribution in [0.2, 0.25) is 0 Å². The minimum atomic E-state index is 0.259. The van der Waals surface area contributed by atoms with Crippen molar-refractivity contribution in [3.8, 4) is 44.5 Å². The SMILES string of the molecule is c1ccc(-c2ccc(-c3cccc(-c4cccc5c4sc4ccc(C6c7ccccc7-c7ccccc76)cc45)c3)cc2)cc1. The first-order chi connectivity index (χ1) is 21.8. The van der Waals surface area contributed by atoms with E-state index in [0.717, 1.165) is 0 Å². The van der Waals surface area contributed by atoms with Gasteiger partial charge >= 0.3 is 0 Å². The standard InChI is InChI=1S/C43H28S/c1-2-10-28(11-3-1)29-20-22-30(23-21-29)31-12-8-13-32(26-31)34-18-9-19-39-40-27-33(24-25-41(40)44-43(34)39)42-37-16-6-4-14-35(37)36-15-5-7-17-38(36)42/h1-27,42H. The van der Waals surface area contributed by atoms with Crippen molar-refractivity contribution in [3.05, 3.63) is 180 Å². The number of rotatable bonds is 4. The molecule has 0 saturated heterocycles. The van der Waals surface area contributed by atoms with Crippen molar-refractivity contribution < 1.29 is 0 Å². The van der Waals surface area contributed by atoms with Gasteiger partial charge in [-0.25, -0.2) is 0 Å². The molecule has 0 saturated carbocycles. The summed E-state index contributed by atoms with van der Waals surface area (Å²) in [5.74, 6) is 0.259. The van der Waals surface area contributed by atoms with Crippen molar-refractivity contribution in [2.24, 2.45) is 0 Å². The molecule has 1 aliphatic rings. The molecule has 0 fully saturated rings. The lowest BCUT2D eigenvalue weighted by molar-refractivity contribution is 1.02. The molecule has 0 unspecified atom stereocenters. The molecule has 0 aliphatic heterocycles. The first-order valence-electron chi connectivity index (χ1n) is 15.2. The molecular weight excluding hydrogens is 549 g/mol. The Morgan fingerprint density at radius 2 is 0.932 bits per heavy atom. The van der Waals surface area contributed by atoms with Gasteiger partial charge in [0.05, 0.1) is 0 Å². The van der Waals surface area contributed by atoms with Gasteiger partial charge in [0.2, 0.25) is 0 Å². The minimum absolute atomic E-state index is 0.259. The van der Waals surface area contributed by atoms with Gasteiger partial charge in [0.1, 0.15) is 0 Å². The molecule has 44 heavy (non-hydrogen) atoms. The van der Waals surface area contributed by atoms with Gasteiger partial charge in [0, 0.05) is 26.1 Å². The highest BCUT2D eigenvalue weighted by molar-refractivity contribution is 7.26. The fourth-order valence-electron chi connectivity index (χ4n) is 7.09. The highest BCUT2D eigenvalue weighted by Gasteiger charge is 2.29. The van der Waals surface area contributed by atoms with Crippen molar-refractivity contribution in [2.75, 3.05) is 0 Å². The molecule has 1 aromatic heterocycles. The van der Waals surface area contributed by atoms with Gasteiger partial charge in [-0.2, -0.15) is 0 Å². The zero-order valence-corrected chi connectivity index (χ0v) is 24.9. The second kappa shape index (κ2) is 10.2. The molecule has 0 spiro atoms. The van der Waals surface area contributed by atoms with Gasteiger partial charge in [-0.3, -0.25) is 0 Å². The summed E-state index contributed by atoms with van der Waals surface area (Å²) in [5.41, 5.74) is 14.4. The molecule has 0 N–H and O–H groups in total. The van der Waals surface area contributed by atoms with Gasteiger partial charge < -0.3 is 0 Å². The lowest BCUT2D eigenvalue weighted by Gasteiger charge is -2.14. The van der Waals surface area contributed by atoms with Crippen LogP contribution in [0.3, 0.4) is 0 Å². The van der Waals surface area contributed by atoms with E-state index in [0.29, 0.717) is 0 Å². The van der Waals surface area contributed by atoms with E-state index in [2.05, 4.69) is 164 Å². The number of hydrogen-bond acceptors (Lipinski definition) is 1. The van der Waals surface area contributed by atoms with Gasteiger partial charge in [-0.05, 0) is 79.4 Å². The van der Waals surface area contributed by atoms with Crippen molar-refractivity contribution >= 4 is 31.5 Å². The summed E-state index contributed by atoms with van der Waals surface area (Å²) in [6, 6.07) is 60.2. The van der Waals surface area contributed by atoms with Gasteiger partial charge in [0.15, 0.2) is 0 Å². The van der Waals surface area contributed by atoms with E-state index in [1.807, 2.05) is 11.3 Å². The maximum atomic E-state index is 2.45. The second-order valence-corrected chi connectivity index (χ2v) is 12.7. The van der Waals surface area contributed by atoms with E-state index in [9.17, 15) is 0 Å². The highest BCUT2D eigenvalue weighted by atomic mass is 32.1. The highest BCUT2D eigenvalue weighted by Crippen LogP contribution is 2.49. The topological polar surface area (TPSA) is 0 Å². The third-order valence-corrected chi connectivity index (χ3v) is 10.4. The van der Waals surface area contributed by atoms with Crippen LogP contribution < -0.4 is 0 Å². The molecule has 0 nitrogen and oxygen atoms in total. The summed E-state index contributed by atoms with van der Waals surface area (Å²) >= 11 is 1.91. The molecule has 7 aromatic carbocycles. The van der Waals surface area contributed by atoms with E-state index in [1.54, 1.807) is 0 Å². The molecular formula is C43H28S. The molecule has 0 radical (unpaired) electrons. The van der Waals surface area contributed by atoms with Crippen LogP contribution in [0.25, 0.3) is 64.7 Å². The summed E-state index contributed by atoms with van der Waals surface area (Å²) in [4.78, 5) is 0. The summed E-state index contributed by atoms with van der Waals surface area (Å²) in [6.07, 6.45) is 0. The van der Waals surface area contributed by atoms with E-state index in [1.165, 1.54) is 81.4 Å². The van der Waals surface area contributed by atoms with Crippen molar-refractivity contribution in [1.82, 2.24) is 0 Å². The Bertz CT molecular complexity index is 2280. The Balaban J connectivity index is 1.12. The Hall–Kier alpha value is -5.24. The van der Waals surface area contributed by atoms with Crippen molar-refractivity contribution in [2.45, 2.75) is 5.92 Å². The van der Waals surface area contributed by atoms with Crippen molar-refractivity contribution in [1.29, 1.82) is 0 Å². The average Bonchev–Trinajstić information content (AvgIpc) is 3.64. The summed E-state index contributed by atoms with van der Waals surface area (Å²) in [5, 5.41) is 2.68. The third-order valence-electron chi connectivity index (χ3n) is 9.19. The minimum Gasteiger partial charge on any atom is -0.135 e. The van der Waals surface area contributed by atoms with Crippen LogP contribution in [0.5, 0.6) is 0 Å². The largest absolute Gasteiger partial charge is 0.135 e. The average molecular weight is 577 g/mol. The van der Waals surface area contributed by atoms with E-state index < -0.39 is 0 Å². The zero-order valence-electron chi connectivity index (χ0n) is 24.1. The lowest BCUT2D eigenvalue weighted by atomic mass is 9.88. The first kappa shape index (κ1) is 25.3. The van der Waals surface area contributed by atoms with Crippen molar-refractivity contribution in [3.63, 3.8) is 0 Å². The number of benzene rings is 7. The van der Waals surface area contributed by atoms with Crippen LogP contribution in [0, 0.1) is 0 Å². The molecule has 9 rings (SSSR count). The fourth-order valence-corrected chi connectivity index (χ4v) is 8.31. The van der Waals surface area contributed by atoms with Gasteiger partial charge in [-0.1, -0.05) is 146 Å². The van der Waals surface area contributed by atoms with Crippen LogP contribution >= 0.6 is 11.3 Å². The second-order valence-electron chi connectivity index (χ2n) is 11.7. The summed E-state index contributed by atoms with van der Waals surface area (Å²) in [6.45, 7) is 0. The van der Waals surface area contributed by atoms with Gasteiger partial charge in [-0.15, -0.1) is 11.3 Å². The Labute approximate surface area is 261 Å². The van der Waals surface area contributed by atoms with E-state index in [-0.39, 0.29) is 5.92 Å². The molecule has 0 atom stereocenters. The summed E-state index contributed by atoms with van der Waals surface area (Å²) < 4.78 is 2.69. The molecule has 0 amide bonds. The predicted octanol–water partition coefficient (Wildman–Crippen LogP) is 12.2. The zero-order chi connectivity index (χ0) is 29.0. The molecule has 1 heteroatoms. The third kappa shape index (κ3) is 4.05. The van der Waals surface area contributed by atoms with E-state index in [4.69, 9.17) is 0 Å². The number of thiophene rings is 1. The van der Waals surface area contributed by atoms with Gasteiger partial charge in [0.25, 0.3) is 0 Å². The molecule has 0 bridgehead atoms. The normalized spacial score (nSPS) is 12.5. The maximum Gasteiger partial charge on any atom is 0.0433 e. The Morgan fingerprint density at radius 1 is 0.364 bits per heavy atom. The number of fused-ring (bicyclic) bond motifs is 6. The van der Waals surface area contributed by atoms with Crippen LogP contribution in [0.1, 0.15) is 22.6 Å². The predicted molar refractivity (Wildman–Crippen MR) is 188 cm³/mol. The molecule has 8 aromatic rings. The maximum absolute atomic E-state index is 2.45. The van der Waals surface area contributed by atoms with Crippen LogP contribution in [-0.2, 0) is 0 Å². The molecule has 1 heterocycles. The quantitative estimate of drug-likeness (QED) is 0.195. The lowest BCUT2D eigenvalue weighted by Crippen LogP contribution is -1.98.